The Morgan fingerprint density at radius 2 is 1.93 bits per heavy atom. The van der Waals surface area contributed by atoms with Crippen molar-refractivity contribution in [2.75, 3.05) is 13.6 Å². The molecule has 0 bridgehead atoms. The third kappa shape index (κ3) is 2.42. The van der Waals surface area contributed by atoms with Gasteiger partial charge in [-0.2, -0.15) is 0 Å². The molecule has 2 nitrogen and oxygen atoms in total. The second-order valence-electron chi connectivity index (χ2n) is 4.34. The first-order valence-corrected chi connectivity index (χ1v) is 5.07. The quantitative estimate of drug-likeness (QED) is 0.701. The second kappa shape index (κ2) is 4.53. The van der Waals surface area contributed by atoms with Gasteiger partial charge in [0.2, 0.25) is 0 Å². The standard InChI is InChI=1S/C10H19F2NO/c1-6(2)10-9(12)8(5-13(10)4)14-7(3)11/h6-10H,5H2,1-4H3. The van der Waals surface area contributed by atoms with E-state index in [0.29, 0.717) is 6.54 Å². The van der Waals surface area contributed by atoms with E-state index < -0.39 is 18.6 Å². The minimum absolute atomic E-state index is 0.154. The highest BCUT2D eigenvalue weighted by molar-refractivity contribution is 4.94. The molecule has 0 N–H and O–H groups in total. The summed E-state index contributed by atoms with van der Waals surface area (Å²) in [4.78, 5) is 1.91. The lowest BCUT2D eigenvalue weighted by molar-refractivity contribution is -0.0893. The summed E-state index contributed by atoms with van der Waals surface area (Å²) >= 11 is 0. The van der Waals surface area contributed by atoms with E-state index >= 15 is 0 Å². The molecule has 1 saturated heterocycles. The number of alkyl halides is 2. The van der Waals surface area contributed by atoms with Gasteiger partial charge in [0.15, 0.2) is 6.36 Å². The SMILES string of the molecule is CC(F)OC1CN(C)C(C(C)C)C1F. The van der Waals surface area contributed by atoms with Crippen molar-refractivity contribution >= 4 is 0 Å². The molecule has 1 heterocycles. The van der Waals surface area contributed by atoms with E-state index in [1.165, 1.54) is 6.92 Å². The van der Waals surface area contributed by atoms with E-state index in [4.69, 9.17) is 4.74 Å². The third-order valence-electron chi connectivity index (χ3n) is 2.70. The van der Waals surface area contributed by atoms with Gasteiger partial charge in [0.05, 0.1) is 0 Å². The highest BCUT2D eigenvalue weighted by Crippen LogP contribution is 2.28. The largest absolute Gasteiger partial charge is 0.341 e. The molecular weight excluding hydrogens is 188 g/mol. The number of hydrogen-bond donors (Lipinski definition) is 0. The van der Waals surface area contributed by atoms with Crippen molar-refractivity contribution in [1.29, 1.82) is 0 Å². The molecular formula is C10H19F2NO. The van der Waals surface area contributed by atoms with E-state index in [0.717, 1.165) is 0 Å². The number of halogens is 2. The van der Waals surface area contributed by atoms with Crippen LogP contribution in [0.5, 0.6) is 0 Å². The maximum Gasteiger partial charge on any atom is 0.196 e. The van der Waals surface area contributed by atoms with Gasteiger partial charge in [-0.05, 0) is 19.9 Å². The number of hydrogen-bond acceptors (Lipinski definition) is 2. The predicted octanol–water partition coefficient (Wildman–Crippen LogP) is 2.00. The highest BCUT2D eigenvalue weighted by atomic mass is 19.1. The fraction of sp³-hybridized carbons (Fsp3) is 1.00. The minimum Gasteiger partial charge on any atom is -0.341 e. The van der Waals surface area contributed by atoms with Crippen molar-refractivity contribution in [3.63, 3.8) is 0 Å². The summed E-state index contributed by atoms with van der Waals surface area (Å²) in [5, 5.41) is 0. The summed E-state index contributed by atoms with van der Waals surface area (Å²) in [6, 6.07) is -0.154. The molecule has 0 aromatic heterocycles. The second-order valence-corrected chi connectivity index (χ2v) is 4.34. The number of likely N-dealkylation sites (N-methyl/N-ethyl adjacent to an activating group) is 1. The van der Waals surface area contributed by atoms with Gasteiger partial charge in [-0.15, -0.1) is 0 Å². The Labute approximate surface area is 84.2 Å². The van der Waals surface area contributed by atoms with E-state index in [9.17, 15) is 8.78 Å². The first-order chi connectivity index (χ1) is 6.43. The average molecular weight is 207 g/mol. The number of nitrogens with zero attached hydrogens (tertiary/aromatic N) is 1. The molecule has 0 aliphatic carbocycles. The van der Waals surface area contributed by atoms with Gasteiger partial charge in [-0.1, -0.05) is 13.8 Å². The Balaban J connectivity index is 2.59. The van der Waals surface area contributed by atoms with Crippen molar-refractivity contribution in [1.82, 2.24) is 4.90 Å². The number of rotatable bonds is 3. The van der Waals surface area contributed by atoms with Gasteiger partial charge >= 0.3 is 0 Å². The zero-order valence-corrected chi connectivity index (χ0v) is 9.21. The maximum atomic E-state index is 13.8. The van der Waals surface area contributed by atoms with Crippen molar-refractivity contribution < 1.29 is 13.5 Å². The Bertz CT molecular complexity index is 187. The Hall–Kier alpha value is -0.220. The number of ether oxygens (including phenoxy) is 1. The smallest absolute Gasteiger partial charge is 0.196 e. The first-order valence-electron chi connectivity index (χ1n) is 5.07. The lowest BCUT2D eigenvalue weighted by Gasteiger charge is -2.24. The van der Waals surface area contributed by atoms with Crippen LogP contribution >= 0.6 is 0 Å². The van der Waals surface area contributed by atoms with Gasteiger partial charge in [-0.25, -0.2) is 8.78 Å². The van der Waals surface area contributed by atoms with Crippen molar-refractivity contribution in [3.8, 4) is 0 Å². The van der Waals surface area contributed by atoms with Crippen LogP contribution in [0.15, 0.2) is 0 Å². The molecule has 4 heteroatoms. The summed E-state index contributed by atoms with van der Waals surface area (Å²) < 4.78 is 31.2. The van der Waals surface area contributed by atoms with Gasteiger partial charge in [0, 0.05) is 12.6 Å². The molecule has 0 aromatic rings. The maximum absolute atomic E-state index is 13.8. The first kappa shape index (κ1) is 11.9. The summed E-state index contributed by atoms with van der Waals surface area (Å²) in [6.07, 6.45) is -3.09. The van der Waals surface area contributed by atoms with Gasteiger partial charge in [0.1, 0.15) is 12.3 Å². The molecule has 14 heavy (non-hydrogen) atoms. The van der Waals surface area contributed by atoms with Gasteiger partial charge in [0.25, 0.3) is 0 Å². The summed E-state index contributed by atoms with van der Waals surface area (Å²) in [5.41, 5.74) is 0. The Morgan fingerprint density at radius 1 is 1.36 bits per heavy atom. The van der Waals surface area contributed by atoms with Crippen LogP contribution in [-0.2, 0) is 4.74 Å². The van der Waals surface area contributed by atoms with Gasteiger partial charge < -0.3 is 4.74 Å². The normalized spacial score (nSPS) is 36.6. The topological polar surface area (TPSA) is 12.5 Å². The fourth-order valence-corrected chi connectivity index (χ4v) is 2.20. The fourth-order valence-electron chi connectivity index (χ4n) is 2.20. The Kier molecular flexibility index (Phi) is 3.84. The molecule has 4 atom stereocenters. The summed E-state index contributed by atoms with van der Waals surface area (Å²) in [5.74, 6) is 0.221. The Morgan fingerprint density at radius 3 is 2.29 bits per heavy atom. The molecule has 84 valence electrons. The van der Waals surface area contributed by atoms with E-state index in [1.54, 1.807) is 0 Å². The van der Waals surface area contributed by atoms with E-state index in [-0.39, 0.29) is 12.0 Å². The molecule has 0 amide bonds. The molecule has 1 aliphatic rings. The van der Waals surface area contributed by atoms with E-state index in [2.05, 4.69) is 0 Å². The zero-order chi connectivity index (χ0) is 10.9. The molecule has 4 unspecified atom stereocenters. The molecule has 1 fully saturated rings. The highest BCUT2D eigenvalue weighted by Gasteiger charge is 2.43. The molecule has 0 aromatic carbocycles. The molecule has 1 aliphatic heterocycles. The van der Waals surface area contributed by atoms with E-state index in [1.807, 2.05) is 25.8 Å². The lowest BCUT2D eigenvalue weighted by atomic mass is 10.00. The van der Waals surface area contributed by atoms with Crippen LogP contribution in [0.2, 0.25) is 0 Å². The van der Waals surface area contributed by atoms with Crippen molar-refractivity contribution in [3.05, 3.63) is 0 Å². The van der Waals surface area contributed by atoms with Crippen LogP contribution in [-0.4, -0.2) is 43.2 Å². The number of likely N-dealkylation sites (tertiary alicyclic amines) is 1. The van der Waals surface area contributed by atoms with Crippen LogP contribution in [0, 0.1) is 5.92 Å². The minimum atomic E-state index is -1.39. The molecule has 0 saturated carbocycles. The van der Waals surface area contributed by atoms with Crippen LogP contribution in [0.3, 0.4) is 0 Å². The molecule has 0 spiro atoms. The van der Waals surface area contributed by atoms with Crippen LogP contribution in [0.25, 0.3) is 0 Å². The summed E-state index contributed by atoms with van der Waals surface area (Å²) in [7, 11) is 1.85. The van der Waals surface area contributed by atoms with Crippen molar-refractivity contribution in [2.45, 2.75) is 45.4 Å². The average Bonchev–Trinajstić information content (AvgIpc) is 2.25. The summed E-state index contributed by atoms with van der Waals surface area (Å²) in [6.45, 7) is 5.69. The van der Waals surface area contributed by atoms with Crippen LogP contribution < -0.4 is 0 Å². The van der Waals surface area contributed by atoms with Gasteiger partial charge in [-0.3, -0.25) is 4.90 Å². The lowest BCUT2D eigenvalue weighted by Crippen LogP contribution is -2.36. The molecule has 1 rings (SSSR count). The van der Waals surface area contributed by atoms with Crippen LogP contribution in [0.1, 0.15) is 20.8 Å². The third-order valence-corrected chi connectivity index (χ3v) is 2.70. The predicted molar refractivity (Wildman–Crippen MR) is 51.6 cm³/mol. The molecule has 0 radical (unpaired) electrons. The monoisotopic (exact) mass is 207 g/mol. The van der Waals surface area contributed by atoms with Crippen molar-refractivity contribution in [2.24, 2.45) is 5.92 Å². The van der Waals surface area contributed by atoms with Crippen LogP contribution in [0.4, 0.5) is 8.78 Å². The zero-order valence-electron chi connectivity index (χ0n) is 9.21.